The van der Waals surface area contributed by atoms with Gasteiger partial charge in [0.05, 0.1) is 4.92 Å². The van der Waals surface area contributed by atoms with Gasteiger partial charge < -0.3 is 9.47 Å². The molecular weight excluding hydrogens is 300 g/mol. The number of nitrogens with zero attached hydrogens (tertiary/aromatic N) is 2. The van der Waals surface area contributed by atoms with E-state index in [4.69, 9.17) is 9.47 Å². The zero-order valence-electron chi connectivity index (χ0n) is 13.4. The predicted octanol–water partition coefficient (Wildman–Crippen LogP) is 2.32. The van der Waals surface area contributed by atoms with Gasteiger partial charge >= 0.3 is 11.7 Å². The second-order valence-corrected chi connectivity index (χ2v) is 6.99. The van der Waals surface area contributed by atoms with Gasteiger partial charge in [0.25, 0.3) is 0 Å². The predicted molar refractivity (Wildman–Crippen MR) is 82.3 cm³/mol. The van der Waals surface area contributed by atoms with Crippen LogP contribution < -0.4 is 4.74 Å². The zero-order chi connectivity index (χ0) is 17.0. The Morgan fingerprint density at radius 3 is 2.65 bits per heavy atom. The molecule has 3 atom stereocenters. The average molecular weight is 318 g/mol. The molecule has 2 aliphatic rings. The van der Waals surface area contributed by atoms with Crippen molar-refractivity contribution in [2.75, 3.05) is 0 Å². The molecule has 0 N–H and O–H groups in total. The Bertz CT molecular complexity index is 723. The van der Waals surface area contributed by atoms with E-state index in [2.05, 4.69) is 4.99 Å². The SMILES string of the molecule is CC(C)(C)OC(=O)[C@@]1(C)N=C[C@]2([N+](=O)[O-])Oc3ccccc3[C@@H]21. The summed E-state index contributed by atoms with van der Waals surface area (Å²) in [7, 11) is 0. The lowest BCUT2D eigenvalue weighted by Gasteiger charge is -2.30. The minimum absolute atomic E-state index is 0.398. The highest BCUT2D eigenvalue weighted by Crippen LogP contribution is 2.54. The highest BCUT2D eigenvalue weighted by molar-refractivity contribution is 5.91. The van der Waals surface area contributed by atoms with Crippen molar-refractivity contribution >= 4 is 12.2 Å². The number of hydrogen-bond acceptors (Lipinski definition) is 6. The summed E-state index contributed by atoms with van der Waals surface area (Å²) in [5, 5.41) is 11.7. The maximum Gasteiger partial charge on any atom is 0.409 e. The van der Waals surface area contributed by atoms with Crippen molar-refractivity contribution < 1.29 is 19.2 Å². The first-order valence-electron chi connectivity index (χ1n) is 7.32. The van der Waals surface area contributed by atoms with Crippen molar-refractivity contribution in [3.05, 3.63) is 39.9 Å². The third-order valence-corrected chi connectivity index (χ3v) is 4.09. The van der Waals surface area contributed by atoms with Gasteiger partial charge in [-0.25, -0.2) is 4.79 Å². The van der Waals surface area contributed by atoms with Gasteiger partial charge in [0.2, 0.25) is 0 Å². The topological polar surface area (TPSA) is 91.0 Å². The van der Waals surface area contributed by atoms with Crippen LogP contribution in [0.15, 0.2) is 29.3 Å². The number of fused-ring (bicyclic) bond motifs is 3. The summed E-state index contributed by atoms with van der Waals surface area (Å²) >= 11 is 0. The Kier molecular flexibility index (Phi) is 3.05. The van der Waals surface area contributed by atoms with Crippen LogP contribution in [0.2, 0.25) is 0 Å². The molecule has 0 spiro atoms. The maximum atomic E-state index is 12.7. The number of para-hydroxylation sites is 1. The third-order valence-electron chi connectivity index (χ3n) is 4.09. The molecule has 122 valence electrons. The normalized spacial score (nSPS) is 31.2. The number of rotatable bonds is 2. The number of hydrogen-bond donors (Lipinski definition) is 0. The van der Waals surface area contributed by atoms with Gasteiger partial charge in [-0.3, -0.25) is 15.1 Å². The number of ether oxygens (including phenoxy) is 2. The second-order valence-electron chi connectivity index (χ2n) is 6.99. The molecule has 0 saturated carbocycles. The standard InChI is InChI=1S/C16H18N2O5/c1-14(2,3)23-13(19)15(4)12-10-7-5-6-8-11(10)22-16(12,9-17-15)18(20)21/h5-9,12H,1-4H3/t12-,15+,16+/m1/s1. The number of carbonyl (C=O) groups is 1. The number of nitro groups is 1. The van der Waals surface area contributed by atoms with E-state index < -0.39 is 33.7 Å². The Balaban J connectivity index is 2.10. The van der Waals surface area contributed by atoms with Crippen LogP contribution in [0.3, 0.4) is 0 Å². The molecule has 1 aromatic rings. The lowest BCUT2D eigenvalue weighted by molar-refractivity contribution is -0.589. The number of carbonyl (C=O) groups excluding carboxylic acids is 1. The maximum absolute atomic E-state index is 12.7. The zero-order valence-corrected chi connectivity index (χ0v) is 13.4. The van der Waals surface area contributed by atoms with Crippen LogP contribution in [0.5, 0.6) is 5.75 Å². The van der Waals surface area contributed by atoms with Crippen molar-refractivity contribution in [2.45, 2.75) is 50.5 Å². The van der Waals surface area contributed by atoms with Crippen LogP contribution in [0, 0.1) is 10.1 Å². The second kappa shape index (κ2) is 4.53. The minimum atomic E-state index is -1.87. The Hall–Kier alpha value is -2.44. The van der Waals surface area contributed by atoms with E-state index in [-0.39, 0.29) is 0 Å². The molecule has 0 aliphatic carbocycles. The summed E-state index contributed by atoms with van der Waals surface area (Å²) in [5.74, 6) is -1.07. The number of aliphatic imine (C=N–C) groups is 1. The molecule has 0 unspecified atom stereocenters. The number of benzene rings is 1. The van der Waals surface area contributed by atoms with E-state index in [1.807, 2.05) is 0 Å². The van der Waals surface area contributed by atoms with Gasteiger partial charge in [-0.2, -0.15) is 0 Å². The van der Waals surface area contributed by atoms with Crippen molar-refractivity contribution in [1.29, 1.82) is 0 Å². The van der Waals surface area contributed by atoms with E-state index in [1.165, 1.54) is 0 Å². The minimum Gasteiger partial charge on any atom is -0.458 e. The van der Waals surface area contributed by atoms with Crippen molar-refractivity contribution in [1.82, 2.24) is 0 Å². The van der Waals surface area contributed by atoms with Gasteiger partial charge in [0.15, 0.2) is 5.54 Å². The molecule has 7 nitrogen and oxygen atoms in total. The highest BCUT2D eigenvalue weighted by Gasteiger charge is 2.71. The van der Waals surface area contributed by atoms with Gasteiger partial charge in [-0.15, -0.1) is 0 Å². The first kappa shape index (κ1) is 15.5. The lowest BCUT2D eigenvalue weighted by Crippen LogP contribution is -2.52. The summed E-state index contributed by atoms with van der Waals surface area (Å²) in [6.07, 6.45) is 1.13. The quantitative estimate of drug-likeness (QED) is 0.474. The van der Waals surface area contributed by atoms with Crippen molar-refractivity contribution in [3.63, 3.8) is 0 Å². The Morgan fingerprint density at radius 1 is 1.39 bits per heavy atom. The van der Waals surface area contributed by atoms with Crippen LogP contribution >= 0.6 is 0 Å². The first-order chi connectivity index (χ1) is 10.6. The summed E-state index contributed by atoms with van der Waals surface area (Å²) in [4.78, 5) is 28.0. The van der Waals surface area contributed by atoms with E-state index >= 15 is 0 Å². The fourth-order valence-electron chi connectivity index (χ4n) is 3.12. The van der Waals surface area contributed by atoms with Crippen LogP contribution in [0.25, 0.3) is 0 Å². The lowest BCUT2D eigenvalue weighted by atomic mass is 9.78. The van der Waals surface area contributed by atoms with E-state index in [9.17, 15) is 14.9 Å². The summed E-state index contributed by atoms with van der Waals surface area (Å²) in [5.41, 5.74) is -3.40. The molecule has 2 aliphatic heterocycles. The third kappa shape index (κ3) is 2.10. The van der Waals surface area contributed by atoms with Gasteiger partial charge in [-0.1, -0.05) is 18.2 Å². The summed E-state index contributed by atoms with van der Waals surface area (Å²) in [6.45, 7) is 6.78. The van der Waals surface area contributed by atoms with Crippen molar-refractivity contribution in [3.8, 4) is 5.75 Å². The molecule has 0 saturated heterocycles. The molecule has 2 heterocycles. The molecule has 23 heavy (non-hydrogen) atoms. The molecule has 0 bridgehead atoms. The average Bonchev–Trinajstić information content (AvgIpc) is 2.92. The Morgan fingerprint density at radius 2 is 2.04 bits per heavy atom. The molecule has 1 aromatic carbocycles. The largest absolute Gasteiger partial charge is 0.458 e. The van der Waals surface area contributed by atoms with E-state index in [0.29, 0.717) is 11.3 Å². The summed E-state index contributed by atoms with van der Waals surface area (Å²) < 4.78 is 11.0. The van der Waals surface area contributed by atoms with Crippen LogP contribution in [-0.4, -0.2) is 34.0 Å². The van der Waals surface area contributed by atoms with Gasteiger partial charge in [-0.05, 0) is 33.8 Å². The smallest absolute Gasteiger partial charge is 0.409 e. The molecule has 7 heteroatoms. The Labute approximate surface area is 133 Å². The first-order valence-corrected chi connectivity index (χ1v) is 7.32. The van der Waals surface area contributed by atoms with Gasteiger partial charge in [0.1, 0.15) is 23.5 Å². The molecular formula is C16H18N2O5. The van der Waals surface area contributed by atoms with Gasteiger partial charge in [0, 0.05) is 5.56 Å². The van der Waals surface area contributed by atoms with E-state index in [1.54, 1.807) is 52.0 Å². The van der Waals surface area contributed by atoms with Crippen LogP contribution in [-0.2, 0) is 9.53 Å². The summed E-state index contributed by atoms with van der Waals surface area (Å²) in [6, 6.07) is 6.87. The molecule has 0 amide bonds. The van der Waals surface area contributed by atoms with E-state index in [0.717, 1.165) is 6.21 Å². The molecule has 3 rings (SSSR count). The highest BCUT2D eigenvalue weighted by atomic mass is 16.7. The number of esters is 1. The fourth-order valence-corrected chi connectivity index (χ4v) is 3.12. The van der Waals surface area contributed by atoms with Crippen molar-refractivity contribution in [2.24, 2.45) is 4.99 Å². The molecule has 0 radical (unpaired) electrons. The molecule has 0 aromatic heterocycles. The van der Waals surface area contributed by atoms with Crippen LogP contribution in [0.1, 0.15) is 39.2 Å². The molecule has 0 fully saturated rings. The fraction of sp³-hybridized carbons (Fsp3) is 0.500. The monoisotopic (exact) mass is 318 g/mol. The van der Waals surface area contributed by atoms with Crippen LogP contribution in [0.4, 0.5) is 0 Å².